The summed E-state index contributed by atoms with van der Waals surface area (Å²) in [6.07, 6.45) is 0. The number of hydrogen-bond acceptors (Lipinski definition) is 8. The van der Waals surface area contributed by atoms with E-state index >= 15 is 0 Å². The van der Waals surface area contributed by atoms with Crippen molar-refractivity contribution in [3.8, 4) is 0 Å². The van der Waals surface area contributed by atoms with E-state index in [1.807, 2.05) is 54.6 Å². The number of benzene rings is 2. The molecule has 2 aromatic heterocycles. The first-order valence-electron chi connectivity index (χ1n) is 10.1. The highest BCUT2D eigenvalue weighted by Gasteiger charge is 2.46. The van der Waals surface area contributed by atoms with Gasteiger partial charge in [-0.15, -0.1) is 21.5 Å². The number of ketones is 1. The predicted octanol–water partition coefficient (Wildman–Crippen LogP) is 6.33. The average Bonchev–Trinajstić information content (AvgIpc) is 3.60. The second kappa shape index (κ2) is 9.71. The lowest BCUT2D eigenvalue weighted by atomic mass is 9.96. The van der Waals surface area contributed by atoms with Gasteiger partial charge in [0.15, 0.2) is 10.1 Å². The molecule has 6 nitrogen and oxygen atoms in total. The molecule has 0 saturated carbocycles. The zero-order valence-corrected chi connectivity index (χ0v) is 20.6. The molecule has 0 aliphatic carbocycles. The fourth-order valence-corrected chi connectivity index (χ4v) is 6.47. The zero-order valence-electron chi connectivity index (χ0n) is 17.4. The lowest BCUT2D eigenvalue weighted by molar-refractivity contribution is -0.117. The second-order valence-electron chi connectivity index (χ2n) is 7.29. The third-order valence-corrected chi connectivity index (χ3v) is 8.57. The van der Waals surface area contributed by atoms with E-state index in [-0.39, 0.29) is 11.4 Å². The molecule has 0 bridgehead atoms. The van der Waals surface area contributed by atoms with Crippen molar-refractivity contribution in [3.05, 3.63) is 104 Å². The summed E-state index contributed by atoms with van der Waals surface area (Å²) in [6, 6.07) is 19.3. The van der Waals surface area contributed by atoms with E-state index in [1.54, 1.807) is 17.5 Å². The molecule has 5 rings (SSSR count). The smallest absolute Gasteiger partial charge is 0.296 e. The van der Waals surface area contributed by atoms with Crippen molar-refractivity contribution in [2.45, 2.75) is 16.1 Å². The molecule has 0 radical (unpaired) electrons. The largest absolute Gasteiger partial charge is 0.503 e. The van der Waals surface area contributed by atoms with Crippen molar-refractivity contribution < 1.29 is 14.7 Å². The normalized spacial score (nSPS) is 15.9. The van der Waals surface area contributed by atoms with Crippen molar-refractivity contribution in [2.75, 3.05) is 4.90 Å². The van der Waals surface area contributed by atoms with E-state index in [9.17, 15) is 14.7 Å². The minimum Gasteiger partial charge on any atom is -0.503 e. The molecule has 4 aromatic rings. The number of aromatic nitrogens is 2. The Labute approximate surface area is 212 Å². The number of aliphatic hydroxyl groups is 1. The van der Waals surface area contributed by atoms with Crippen molar-refractivity contribution >= 4 is 62.9 Å². The van der Waals surface area contributed by atoms with Crippen LogP contribution in [0, 0.1) is 0 Å². The van der Waals surface area contributed by atoms with E-state index in [0.717, 1.165) is 5.56 Å². The van der Waals surface area contributed by atoms with Crippen LogP contribution in [-0.4, -0.2) is 27.0 Å². The lowest BCUT2D eigenvalue weighted by Gasteiger charge is -2.23. The van der Waals surface area contributed by atoms with E-state index < -0.39 is 17.7 Å². The maximum atomic E-state index is 13.3. The molecule has 1 aliphatic rings. The van der Waals surface area contributed by atoms with Gasteiger partial charge in [-0.1, -0.05) is 89.3 Å². The fourth-order valence-electron chi connectivity index (χ4n) is 3.64. The molecule has 0 saturated heterocycles. The molecule has 1 aliphatic heterocycles. The Morgan fingerprint density at radius 1 is 1.06 bits per heavy atom. The summed E-state index contributed by atoms with van der Waals surface area (Å²) in [5, 5.41) is 22.0. The van der Waals surface area contributed by atoms with Crippen LogP contribution in [0.25, 0.3) is 0 Å². The van der Waals surface area contributed by atoms with E-state index in [1.165, 1.54) is 39.3 Å². The average molecular weight is 526 g/mol. The summed E-state index contributed by atoms with van der Waals surface area (Å²) < 4.78 is 0.645. The summed E-state index contributed by atoms with van der Waals surface area (Å²) in [5.74, 6) is -1.02. The van der Waals surface area contributed by atoms with Crippen LogP contribution < -0.4 is 4.90 Å². The number of thioether (sulfide) groups is 1. The number of Topliss-reactive ketones (excluding diaryl/α,β-unsaturated/α-hetero) is 1. The number of carbonyl (C=O) groups is 2. The van der Waals surface area contributed by atoms with Crippen LogP contribution in [0.5, 0.6) is 0 Å². The van der Waals surface area contributed by atoms with Gasteiger partial charge in [-0.3, -0.25) is 14.5 Å². The Hall–Kier alpha value is -2.98. The van der Waals surface area contributed by atoms with Gasteiger partial charge in [0.25, 0.3) is 5.91 Å². The van der Waals surface area contributed by atoms with Gasteiger partial charge in [0, 0.05) is 10.8 Å². The van der Waals surface area contributed by atoms with Crippen LogP contribution >= 0.6 is 46.0 Å². The molecule has 1 N–H and O–H groups in total. The summed E-state index contributed by atoms with van der Waals surface area (Å²) >= 11 is 10.2. The Bertz CT molecular complexity index is 1390. The molecule has 1 amide bonds. The first kappa shape index (κ1) is 22.8. The second-order valence-corrected chi connectivity index (χ2v) is 10.8. The highest BCUT2D eigenvalue weighted by molar-refractivity contribution is 8.00. The number of thiophene rings is 1. The number of rotatable bonds is 7. The van der Waals surface area contributed by atoms with Gasteiger partial charge in [0.1, 0.15) is 0 Å². The highest BCUT2D eigenvalue weighted by Crippen LogP contribution is 2.44. The standard InChI is InChI=1S/C24H16ClN3O3S3/c25-16-10-5-4-9-15(16)13-33-24-27-26-23(34-24)28-19(14-7-2-1-3-8-14)18(21(30)22(28)31)20(29)17-11-6-12-32-17/h1-12,19,30H,13H2. The summed E-state index contributed by atoms with van der Waals surface area (Å²) in [5.41, 5.74) is 1.70. The molecule has 34 heavy (non-hydrogen) atoms. The first-order valence-corrected chi connectivity index (χ1v) is 13.2. The molecular weight excluding hydrogens is 510 g/mol. The predicted molar refractivity (Wildman–Crippen MR) is 136 cm³/mol. The van der Waals surface area contributed by atoms with Gasteiger partial charge in [-0.2, -0.15) is 0 Å². The maximum Gasteiger partial charge on any atom is 0.296 e. The Kier molecular flexibility index (Phi) is 6.51. The fraction of sp³-hybridized carbons (Fsp3) is 0.0833. The van der Waals surface area contributed by atoms with Gasteiger partial charge in [0.05, 0.1) is 16.5 Å². The summed E-state index contributed by atoms with van der Waals surface area (Å²) in [6.45, 7) is 0. The van der Waals surface area contributed by atoms with Crippen LogP contribution in [0.1, 0.15) is 26.8 Å². The Morgan fingerprint density at radius 3 is 2.56 bits per heavy atom. The van der Waals surface area contributed by atoms with Gasteiger partial charge < -0.3 is 5.11 Å². The first-order chi connectivity index (χ1) is 16.5. The van der Waals surface area contributed by atoms with E-state index in [0.29, 0.717) is 30.7 Å². The minimum absolute atomic E-state index is 0.0409. The SMILES string of the molecule is O=C(C1=C(O)C(=O)N(c2nnc(SCc3ccccc3Cl)s2)C1c1ccccc1)c1cccs1. The van der Waals surface area contributed by atoms with Crippen LogP contribution in [0.3, 0.4) is 0 Å². The van der Waals surface area contributed by atoms with Crippen molar-refractivity contribution in [2.24, 2.45) is 0 Å². The quantitative estimate of drug-likeness (QED) is 0.172. The molecule has 1 unspecified atom stereocenters. The Balaban J connectivity index is 1.48. The highest BCUT2D eigenvalue weighted by atomic mass is 35.5. The number of nitrogens with zero attached hydrogens (tertiary/aromatic N) is 3. The lowest BCUT2D eigenvalue weighted by Crippen LogP contribution is -2.30. The van der Waals surface area contributed by atoms with Crippen LogP contribution in [0.15, 0.2) is 87.8 Å². The van der Waals surface area contributed by atoms with Crippen LogP contribution in [0.2, 0.25) is 5.02 Å². The maximum absolute atomic E-state index is 13.3. The number of hydrogen-bond donors (Lipinski definition) is 1. The molecule has 3 heterocycles. The topological polar surface area (TPSA) is 83.4 Å². The number of anilines is 1. The molecule has 1 atom stereocenters. The summed E-state index contributed by atoms with van der Waals surface area (Å²) in [7, 11) is 0. The van der Waals surface area contributed by atoms with Gasteiger partial charge in [0.2, 0.25) is 10.9 Å². The van der Waals surface area contributed by atoms with Crippen molar-refractivity contribution in [1.29, 1.82) is 0 Å². The molecule has 10 heteroatoms. The number of aliphatic hydroxyl groups excluding tert-OH is 1. The number of halogens is 1. The third kappa shape index (κ3) is 4.27. The monoisotopic (exact) mass is 525 g/mol. The van der Waals surface area contributed by atoms with Gasteiger partial charge >= 0.3 is 0 Å². The van der Waals surface area contributed by atoms with Crippen molar-refractivity contribution in [1.82, 2.24) is 10.2 Å². The van der Waals surface area contributed by atoms with Crippen LogP contribution in [-0.2, 0) is 10.5 Å². The van der Waals surface area contributed by atoms with Gasteiger partial charge in [-0.25, -0.2) is 0 Å². The van der Waals surface area contributed by atoms with E-state index in [4.69, 9.17) is 11.6 Å². The van der Waals surface area contributed by atoms with Gasteiger partial charge in [-0.05, 0) is 28.6 Å². The van der Waals surface area contributed by atoms with Crippen LogP contribution in [0.4, 0.5) is 5.13 Å². The van der Waals surface area contributed by atoms with Crippen molar-refractivity contribution in [3.63, 3.8) is 0 Å². The summed E-state index contributed by atoms with van der Waals surface area (Å²) in [4.78, 5) is 28.3. The molecule has 2 aromatic carbocycles. The molecule has 0 spiro atoms. The van der Waals surface area contributed by atoms with E-state index in [2.05, 4.69) is 10.2 Å². The number of amides is 1. The molecule has 170 valence electrons. The minimum atomic E-state index is -0.808. The zero-order chi connectivity index (χ0) is 23.7. The molecule has 0 fully saturated rings. The third-order valence-electron chi connectivity index (χ3n) is 5.22. The molecular formula is C24H16ClN3O3S3. The Morgan fingerprint density at radius 2 is 1.82 bits per heavy atom. The number of carbonyl (C=O) groups excluding carboxylic acids is 2.